The van der Waals surface area contributed by atoms with E-state index in [0.717, 1.165) is 17.6 Å². The number of allylic oxidation sites excluding steroid dienone is 9. The number of nitrogens with one attached hydrogen (secondary N) is 1. The summed E-state index contributed by atoms with van der Waals surface area (Å²) in [6.07, 6.45) is 16.9. The SMILES string of the molecule is C=C/C(=C\C=N)C(=C)/C=C\Cc1ccc2ccc(-c3c4ccccc4c(-c4cccc(C(C)(C)C)c4)c4ccccc34)cc2c1.C=C/C=C\C.CS. The molecule has 0 atom stereocenters. The molecule has 6 rings (SSSR count). The number of thiol groups is 1. The molecule has 2 heteroatoms. The van der Waals surface area contributed by atoms with E-state index < -0.39 is 0 Å². The lowest BCUT2D eigenvalue weighted by Crippen LogP contribution is -2.10. The highest BCUT2D eigenvalue weighted by Crippen LogP contribution is 2.44. The highest BCUT2D eigenvalue weighted by molar-refractivity contribution is 7.79. The first-order valence-electron chi connectivity index (χ1n) is 17.6. The topological polar surface area (TPSA) is 23.9 Å². The number of rotatable bonds is 9. The smallest absolute Gasteiger partial charge is 0.0183 e. The number of benzene rings is 6. The number of hydrogen-bond donors (Lipinski definition) is 2. The quantitative estimate of drug-likeness (QED) is 0.0650. The molecular weight excluding hydrogens is 647 g/mol. The van der Waals surface area contributed by atoms with Crippen LogP contribution in [0.4, 0.5) is 0 Å². The van der Waals surface area contributed by atoms with Gasteiger partial charge in [-0.05, 0) is 114 Å². The average molecular weight is 698 g/mol. The molecule has 0 aliphatic carbocycles. The van der Waals surface area contributed by atoms with E-state index >= 15 is 0 Å². The Labute approximate surface area is 317 Å². The van der Waals surface area contributed by atoms with Crippen LogP contribution in [0.1, 0.15) is 38.8 Å². The molecule has 1 N–H and O–H groups in total. The fourth-order valence-electron chi connectivity index (χ4n) is 6.44. The minimum atomic E-state index is 0.0712. The molecular formula is C50H51NS. The Morgan fingerprint density at radius 2 is 1.29 bits per heavy atom. The molecule has 52 heavy (non-hydrogen) atoms. The summed E-state index contributed by atoms with van der Waals surface area (Å²) < 4.78 is 0. The van der Waals surface area contributed by atoms with Crippen molar-refractivity contribution in [1.82, 2.24) is 0 Å². The molecule has 0 aliphatic heterocycles. The van der Waals surface area contributed by atoms with Gasteiger partial charge in [0.25, 0.3) is 0 Å². The van der Waals surface area contributed by atoms with Crippen molar-refractivity contribution < 1.29 is 0 Å². The maximum Gasteiger partial charge on any atom is 0.0183 e. The normalized spacial score (nSPS) is 11.6. The van der Waals surface area contributed by atoms with Gasteiger partial charge in [0.05, 0.1) is 0 Å². The first-order valence-corrected chi connectivity index (χ1v) is 18.5. The highest BCUT2D eigenvalue weighted by atomic mass is 32.1. The lowest BCUT2D eigenvalue weighted by Gasteiger charge is -2.22. The molecule has 0 unspecified atom stereocenters. The predicted molar refractivity (Wildman–Crippen MR) is 238 cm³/mol. The molecule has 0 spiro atoms. The van der Waals surface area contributed by atoms with Crippen LogP contribution in [0, 0.1) is 5.41 Å². The van der Waals surface area contributed by atoms with Crippen LogP contribution < -0.4 is 0 Å². The van der Waals surface area contributed by atoms with Crippen LogP contribution in [-0.4, -0.2) is 12.5 Å². The minimum absolute atomic E-state index is 0.0712. The van der Waals surface area contributed by atoms with E-state index in [-0.39, 0.29) is 5.41 Å². The van der Waals surface area contributed by atoms with Gasteiger partial charge in [-0.2, -0.15) is 12.6 Å². The predicted octanol–water partition coefficient (Wildman–Crippen LogP) is 14.5. The second-order valence-corrected chi connectivity index (χ2v) is 13.5. The van der Waals surface area contributed by atoms with E-state index in [2.05, 4.69) is 168 Å². The molecule has 1 nitrogen and oxygen atoms in total. The van der Waals surface area contributed by atoms with E-state index in [0.29, 0.717) is 0 Å². The zero-order chi connectivity index (χ0) is 37.7. The molecule has 0 saturated heterocycles. The molecule has 0 saturated carbocycles. The fraction of sp³-hybridized carbons (Fsp3) is 0.140. The summed E-state index contributed by atoms with van der Waals surface area (Å²) in [5, 5.41) is 14.9. The van der Waals surface area contributed by atoms with Gasteiger partial charge < -0.3 is 5.41 Å². The highest BCUT2D eigenvalue weighted by Gasteiger charge is 2.19. The van der Waals surface area contributed by atoms with Gasteiger partial charge in [-0.15, -0.1) is 0 Å². The van der Waals surface area contributed by atoms with Crippen molar-refractivity contribution in [3.63, 3.8) is 0 Å². The maximum atomic E-state index is 7.35. The van der Waals surface area contributed by atoms with Gasteiger partial charge in [0, 0.05) is 6.21 Å². The van der Waals surface area contributed by atoms with Crippen LogP contribution >= 0.6 is 12.6 Å². The van der Waals surface area contributed by atoms with Crippen molar-refractivity contribution in [2.24, 2.45) is 0 Å². The van der Waals surface area contributed by atoms with Crippen molar-refractivity contribution >= 4 is 51.2 Å². The van der Waals surface area contributed by atoms with Crippen LogP contribution in [0.2, 0.25) is 0 Å². The third-order valence-corrected chi connectivity index (χ3v) is 9.00. The van der Waals surface area contributed by atoms with E-state index in [1.165, 1.54) is 71.9 Å². The Morgan fingerprint density at radius 3 is 1.79 bits per heavy atom. The van der Waals surface area contributed by atoms with Gasteiger partial charge in [-0.3, -0.25) is 0 Å². The third kappa shape index (κ3) is 9.26. The second-order valence-electron chi connectivity index (χ2n) is 13.5. The van der Waals surface area contributed by atoms with Crippen molar-refractivity contribution in [3.8, 4) is 22.3 Å². The summed E-state index contributed by atoms with van der Waals surface area (Å²) in [5.41, 5.74) is 9.40. The fourth-order valence-corrected chi connectivity index (χ4v) is 6.44. The van der Waals surface area contributed by atoms with Crippen molar-refractivity contribution in [1.29, 1.82) is 5.41 Å². The summed E-state index contributed by atoms with van der Waals surface area (Å²) in [6.45, 7) is 20.2. The Bertz CT molecular complexity index is 2250. The average Bonchev–Trinajstić information content (AvgIpc) is 3.16. The standard InChI is InChI=1S/C44H39N.C5H8.CH4S/c1-6-32(25-26-45)30(2)13-11-14-31-21-22-33-23-24-35(28-36(33)27-31)43-40-19-9-7-17-38(40)42(39-18-8-10-20-41(39)43)34-15-12-16-37(29-34)44(3,4)5;1-3-5-4-2;1-2/h6-13,15-29,45H,1-2,14H2,3-5H3;3-5H,1H2,2H3;2H,1H3/b13-11-,32-25+,45-26?;5-4-;. The van der Waals surface area contributed by atoms with Gasteiger partial charge in [0.2, 0.25) is 0 Å². The molecule has 0 aromatic heterocycles. The molecule has 6 aromatic carbocycles. The monoisotopic (exact) mass is 697 g/mol. The van der Waals surface area contributed by atoms with Gasteiger partial charge >= 0.3 is 0 Å². The van der Waals surface area contributed by atoms with Crippen molar-refractivity contribution in [3.05, 3.63) is 194 Å². The molecule has 0 aliphatic rings. The summed E-state index contributed by atoms with van der Waals surface area (Å²) in [7, 11) is 0. The molecule has 0 heterocycles. The Kier molecular flexibility index (Phi) is 14.1. The number of hydrogen-bond acceptors (Lipinski definition) is 2. The lowest BCUT2D eigenvalue weighted by atomic mass is 9.82. The van der Waals surface area contributed by atoms with Crippen LogP contribution in [0.3, 0.4) is 0 Å². The lowest BCUT2D eigenvalue weighted by molar-refractivity contribution is 0.590. The summed E-state index contributed by atoms with van der Waals surface area (Å²) in [6, 6.07) is 40.4. The van der Waals surface area contributed by atoms with Crippen LogP contribution in [0.5, 0.6) is 0 Å². The Morgan fingerprint density at radius 1 is 0.712 bits per heavy atom. The van der Waals surface area contributed by atoms with Crippen LogP contribution in [-0.2, 0) is 11.8 Å². The van der Waals surface area contributed by atoms with Gasteiger partial charge in [-0.1, -0.05) is 180 Å². The molecule has 6 aromatic rings. The van der Waals surface area contributed by atoms with Crippen molar-refractivity contribution in [2.45, 2.75) is 39.5 Å². The van der Waals surface area contributed by atoms with Gasteiger partial charge in [-0.25, -0.2) is 0 Å². The maximum absolute atomic E-state index is 7.35. The van der Waals surface area contributed by atoms with E-state index in [1.807, 2.05) is 25.2 Å². The molecule has 262 valence electrons. The van der Waals surface area contributed by atoms with Crippen LogP contribution in [0.25, 0.3) is 54.6 Å². The zero-order valence-electron chi connectivity index (χ0n) is 31.3. The second kappa shape index (κ2) is 18.7. The minimum Gasteiger partial charge on any atom is -0.309 e. The van der Waals surface area contributed by atoms with Crippen LogP contribution in [0.15, 0.2) is 183 Å². The Hall–Kier alpha value is -5.44. The third-order valence-electron chi connectivity index (χ3n) is 9.00. The number of fused-ring (bicyclic) bond motifs is 3. The van der Waals surface area contributed by atoms with E-state index in [9.17, 15) is 0 Å². The van der Waals surface area contributed by atoms with E-state index in [4.69, 9.17) is 5.41 Å². The molecule has 0 fully saturated rings. The summed E-state index contributed by atoms with van der Waals surface area (Å²) in [5.74, 6) is 0. The summed E-state index contributed by atoms with van der Waals surface area (Å²) in [4.78, 5) is 0. The first-order chi connectivity index (χ1) is 25.2. The van der Waals surface area contributed by atoms with Crippen molar-refractivity contribution in [2.75, 3.05) is 6.26 Å². The van der Waals surface area contributed by atoms with Gasteiger partial charge in [0.1, 0.15) is 0 Å². The zero-order valence-corrected chi connectivity index (χ0v) is 32.2. The molecule has 0 bridgehead atoms. The first kappa shape index (κ1) is 39.3. The molecule has 0 radical (unpaired) electrons. The largest absolute Gasteiger partial charge is 0.309 e. The molecule has 0 amide bonds. The van der Waals surface area contributed by atoms with Gasteiger partial charge in [0.15, 0.2) is 0 Å². The summed E-state index contributed by atoms with van der Waals surface area (Å²) >= 11 is 3.53. The Balaban J connectivity index is 0.000000797. The van der Waals surface area contributed by atoms with E-state index in [1.54, 1.807) is 24.5 Å².